The molecule has 1 aliphatic heterocycles. The summed E-state index contributed by atoms with van der Waals surface area (Å²) in [7, 11) is 0. The highest BCUT2D eigenvalue weighted by Crippen LogP contribution is 2.28. The summed E-state index contributed by atoms with van der Waals surface area (Å²) < 4.78 is 7.83. The molecule has 1 aromatic carbocycles. The van der Waals surface area contributed by atoms with Gasteiger partial charge in [0.15, 0.2) is 5.76 Å². The highest BCUT2D eigenvalue weighted by molar-refractivity contribution is 5.79. The zero-order chi connectivity index (χ0) is 22.6. The fourth-order valence-electron chi connectivity index (χ4n) is 5.19. The molecule has 6 heteroatoms. The van der Waals surface area contributed by atoms with Crippen LogP contribution in [0.15, 0.2) is 53.1 Å². The normalized spacial score (nSPS) is 18.0. The molecule has 1 saturated carbocycles. The van der Waals surface area contributed by atoms with Crippen LogP contribution in [-0.2, 0) is 11.3 Å². The van der Waals surface area contributed by atoms with Gasteiger partial charge in [-0.15, -0.1) is 0 Å². The topological polar surface area (TPSA) is 63.3 Å². The van der Waals surface area contributed by atoms with Gasteiger partial charge in [-0.1, -0.05) is 37.5 Å². The van der Waals surface area contributed by atoms with Crippen LogP contribution in [0.2, 0.25) is 0 Å². The molecule has 0 unspecified atom stereocenters. The number of hydrogen-bond donors (Lipinski definition) is 1. The molecule has 1 amide bonds. The summed E-state index contributed by atoms with van der Waals surface area (Å²) in [6.45, 7) is 4.40. The van der Waals surface area contributed by atoms with Crippen molar-refractivity contribution in [1.82, 2.24) is 20.0 Å². The van der Waals surface area contributed by atoms with Crippen LogP contribution in [0, 0.1) is 12.8 Å². The van der Waals surface area contributed by atoms with Gasteiger partial charge in [0.25, 0.3) is 0 Å². The van der Waals surface area contributed by atoms with Crippen LogP contribution in [0.5, 0.6) is 0 Å². The lowest BCUT2D eigenvalue weighted by atomic mass is 9.87. The number of rotatable bonds is 6. The largest absolute Gasteiger partial charge is 0.460 e. The Balaban J connectivity index is 1.23. The highest BCUT2D eigenvalue weighted by Gasteiger charge is 2.29. The van der Waals surface area contributed by atoms with E-state index in [0.29, 0.717) is 11.9 Å². The molecular formula is C27H34N4O2. The number of furan rings is 1. The molecule has 3 heterocycles. The molecule has 1 saturated heterocycles. The van der Waals surface area contributed by atoms with Crippen molar-refractivity contribution < 1.29 is 9.21 Å². The Morgan fingerprint density at radius 1 is 1.03 bits per heavy atom. The van der Waals surface area contributed by atoms with E-state index in [0.717, 1.165) is 73.8 Å². The van der Waals surface area contributed by atoms with Gasteiger partial charge in [0.05, 0.1) is 5.69 Å². The number of hydrogen-bond acceptors (Lipinski definition) is 4. The predicted molar refractivity (Wildman–Crippen MR) is 129 cm³/mol. The molecule has 6 nitrogen and oxygen atoms in total. The molecular weight excluding hydrogens is 412 g/mol. The average Bonchev–Trinajstić information content (AvgIpc) is 3.50. The van der Waals surface area contributed by atoms with Crippen LogP contribution in [-0.4, -0.2) is 39.7 Å². The van der Waals surface area contributed by atoms with E-state index in [4.69, 9.17) is 9.52 Å². The van der Waals surface area contributed by atoms with Crippen LogP contribution >= 0.6 is 0 Å². The van der Waals surface area contributed by atoms with Crippen molar-refractivity contribution in [2.75, 3.05) is 13.1 Å². The number of aryl methyl sites for hydroxylation is 1. The van der Waals surface area contributed by atoms with Crippen molar-refractivity contribution in [2.45, 2.75) is 64.5 Å². The standard InChI is InChI=1S/C27H34N4O2/c1-20-12-13-25(33-20)26-22(19-31(29-26)24-10-6-3-7-11-24)18-28-23-14-16-30(17-15-23)27(32)21-8-4-2-5-9-21/h3,6-7,10-13,19,21,23,28H,2,4-5,8-9,14-18H2,1H3. The van der Waals surface area contributed by atoms with E-state index in [-0.39, 0.29) is 5.92 Å². The van der Waals surface area contributed by atoms with Gasteiger partial charge in [0, 0.05) is 43.4 Å². The second-order valence-corrected chi connectivity index (χ2v) is 9.51. The first kappa shape index (κ1) is 22.0. The van der Waals surface area contributed by atoms with Crippen LogP contribution < -0.4 is 5.32 Å². The maximum absolute atomic E-state index is 12.9. The van der Waals surface area contributed by atoms with E-state index in [1.54, 1.807) is 0 Å². The summed E-state index contributed by atoms with van der Waals surface area (Å²) in [4.78, 5) is 15.0. The molecule has 5 rings (SSSR count). The summed E-state index contributed by atoms with van der Waals surface area (Å²) in [5.74, 6) is 2.35. The second kappa shape index (κ2) is 9.96. The number of carbonyl (C=O) groups is 1. The zero-order valence-corrected chi connectivity index (χ0v) is 19.5. The van der Waals surface area contributed by atoms with Crippen LogP contribution in [0.4, 0.5) is 0 Å². The van der Waals surface area contributed by atoms with Gasteiger partial charge in [-0.25, -0.2) is 4.68 Å². The fourth-order valence-corrected chi connectivity index (χ4v) is 5.19. The molecule has 1 aliphatic carbocycles. The van der Waals surface area contributed by atoms with E-state index >= 15 is 0 Å². The molecule has 0 bridgehead atoms. The lowest BCUT2D eigenvalue weighted by Gasteiger charge is -2.35. The molecule has 0 atom stereocenters. The number of nitrogens with one attached hydrogen (secondary N) is 1. The van der Waals surface area contributed by atoms with Crippen molar-refractivity contribution in [3.63, 3.8) is 0 Å². The quantitative estimate of drug-likeness (QED) is 0.572. The Hall–Kier alpha value is -2.86. The minimum Gasteiger partial charge on any atom is -0.460 e. The third kappa shape index (κ3) is 5.06. The molecule has 33 heavy (non-hydrogen) atoms. The molecule has 0 radical (unpaired) electrons. The van der Waals surface area contributed by atoms with E-state index in [9.17, 15) is 4.79 Å². The first-order valence-corrected chi connectivity index (χ1v) is 12.4. The summed E-state index contributed by atoms with van der Waals surface area (Å²) in [5.41, 5.74) is 3.03. The van der Waals surface area contributed by atoms with Crippen molar-refractivity contribution >= 4 is 5.91 Å². The SMILES string of the molecule is Cc1ccc(-c2nn(-c3ccccc3)cc2CNC2CCN(C(=O)C3CCCCC3)CC2)o1. The molecule has 2 aliphatic rings. The Kier molecular flexibility index (Phi) is 6.63. The number of para-hydroxylation sites is 1. The molecule has 3 aromatic rings. The maximum atomic E-state index is 12.9. The molecule has 1 N–H and O–H groups in total. The lowest BCUT2D eigenvalue weighted by Crippen LogP contribution is -2.46. The van der Waals surface area contributed by atoms with Gasteiger partial charge in [-0.2, -0.15) is 5.10 Å². The number of likely N-dealkylation sites (tertiary alicyclic amines) is 1. The van der Waals surface area contributed by atoms with Crippen molar-refractivity contribution in [1.29, 1.82) is 0 Å². The fraction of sp³-hybridized carbons (Fsp3) is 0.481. The monoisotopic (exact) mass is 446 g/mol. The number of benzene rings is 1. The van der Waals surface area contributed by atoms with Gasteiger partial charge < -0.3 is 14.6 Å². The van der Waals surface area contributed by atoms with E-state index in [2.05, 4.69) is 28.5 Å². The van der Waals surface area contributed by atoms with Gasteiger partial charge in [0.1, 0.15) is 11.5 Å². The molecule has 2 fully saturated rings. The maximum Gasteiger partial charge on any atom is 0.225 e. The third-order valence-electron chi connectivity index (χ3n) is 7.13. The van der Waals surface area contributed by atoms with Gasteiger partial charge in [0.2, 0.25) is 5.91 Å². The Morgan fingerprint density at radius 3 is 2.48 bits per heavy atom. The number of amides is 1. The lowest BCUT2D eigenvalue weighted by molar-refractivity contribution is -0.137. The smallest absolute Gasteiger partial charge is 0.225 e. The number of piperidine rings is 1. The van der Waals surface area contributed by atoms with E-state index in [1.807, 2.05) is 41.9 Å². The first-order chi connectivity index (χ1) is 16.2. The zero-order valence-electron chi connectivity index (χ0n) is 19.5. The Labute approximate surface area is 196 Å². The number of aromatic nitrogens is 2. The second-order valence-electron chi connectivity index (χ2n) is 9.51. The number of carbonyl (C=O) groups excluding carboxylic acids is 1. The first-order valence-electron chi connectivity index (χ1n) is 12.4. The van der Waals surface area contributed by atoms with Gasteiger partial charge in [-0.05, 0) is 56.9 Å². The van der Waals surface area contributed by atoms with E-state index in [1.165, 1.54) is 19.3 Å². The molecule has 174 valence electrons. The van der Waals surface area contributed by atoms with Crippen molar-refractivity contribution in [3.8, 4) is 17.1 Å². The summed E-state index contributed by atoms with van der Waals surface area (Å²) in [5, 5.41) is 8.57. The summed E-state index contributed by atoms with van der Waals surface area (Å²) in [6.07, 6.45) is 9.97. The highest BCUT2D eigenvalue weighted by atomic mass is 16.3. The van der Waals surface area contributed by atoms with E-state index < -0.39 is 0 Å². The van der Waals surface area contributed by atoms with Crippen LogP contribution in [0.25, 0.3) is 17.1 Å². The van der Waals surface area contributed by atoms with Gasteiger partial charge >= 0.3 is 0 Å². The van der Waals surface area contributed by atoms with Crippen LogP contribution in [0.1, 0.15) is 56.3 Å². The Bertz CT molecular complexity index is 1060. The van der Waals surface area contributed by atoms with Crippen molar-refractivity contribution in [2.24, 2.45) is 5.92 Å². The molecule has 2 aromatic heterocycles. The summed E-state index contributed by atoms with van der Waals surface area (Å²) >= 11 is 0. The van der Waals surface area contributed by atoms with Gasteiger partial charge in [-0.3, -0.25) is 4.79 Å². The third-order valence-corrected chi connectivity index (χ3v) is 7.13. The average molecular weight is 447 g/mol. The Morgan fingerprint density at radius 2 is 1.79 bits per heavy atom. The minimum atomic E-state index is 0.270. The number of nitrogens with zero attached hydrogens (tertiary/aromatic N) is 3. The minimum absolute atomic E-state index is 0.270. The van der Waals surface area contributed by atoms with Crippen molar-refractivity contribution in [3.05, 3.63) is 60.0 Å². The molecule has 0 spiro atoms. The summed E-state index contributed by atoms with van der Waals surface area (Å²) in [6, 6.07) is 14.5. The predicted octanol–water partition coefficient (Wildman–Crippen LogP) is 5.10. The van der Waals surface area contributed by atoms with Crippen LogP contribution in [0.3, 0.4) is 0 Å².